The number of rotatable bonds is 2. The molecule has 1 amide bonds. The summed E-state index contributed by atoms with van der Waals surface area (Å²) in [5.41, 5.74) is 8.02. The Labute approximate surface area is 142 Å². The Hall–Kier alpha value is -1.62. The molecule has 2 atom stereocenters. The molecule has 0 saturated carbocycles. The fourth-order valence-corrected chi connectivity index (χ4v) is 2.72. The van der Waals surface area contributed by atoms with Crippen molar-refractivity contribution in [3.8, 4) is 0 Å². The van der Waals surface area contributed by atoms with Crippen LogP contribution in [0.3, 0.4) is 0 Å². The lowest BCUT2D eigenvalue weighted by Crippen LogP contribution is -2.32. The van der Waals surface area contributed by atoms with E-state index < -0.39 is 0 Å². The highest BCUT2D eigenvalue weighted by Gasteiger charge is 2.34. The van der Waals surface area contributed by atoms with E-state index in [0.29, 0.717) is 18.7 Å². The number of nitrogens with two attached hydrogens (primary N) is 1. The van der Waals surface area contributed by atoms with Crippen molar-refractivity contribution in [3.63, 3.8) is 0 Å². The van der Waals surface area contributed by atoms with E-state index in [1.54, 1.807) is 24.5 Å². The predicted octanol–water partition coefficient (Wildman–Crippen LogP) is 2.49. The van der Waals surface area contributed by atoms with Crippen LogP contribution >= 0.6 is 24.8 Å². The fourth-order valence-electron chi connectivity index (χ4n) is 2.72. The highest BCUT2D eigenvalue weighted by Crippen LogP contribution is 2.27. The Balaban J connectivity index is 0.00000121. The van der Waals surface area contributed by atoms with Crippen LogP contribution in [0.15, 0.2) is 54.9 Å². The summed E-state index contributed by atoms with van der Waals surface area (Å²) in [5, 5.41) is 0. The normalized spacial score (nSPS) is 20.0. The summed E-state index contributed by atoms with van der Waals surface area (Å²) in [4.78, 5) is 18.2. The third-order valence-electron chi connectivity index (χ3n) is 3.79. The van der Waals surface area contributed by atoms with Crippen LogP contribution in [0, 0.1) is 0 Å². The zero-order valence-corrected chi connectivity index (χ0v) is 13.6. The molecule has 1 aliphatic rings. The van der Waals surface area contributed by atoms with E-state index in [1.807, 2.05) is 23.1 Å². The van der Waals surface area contributed by atoms with Crippen LogP contribution in [0.2, 0.25) is 0 Å². The number of hydrogen-bond donors (Lipinski definition) is 1. The lowest BCUT2D eigenvalue weighted by atomic mass is 9.95. The minimum Gasteiger partial charge on any atom is -0.336 e. The summed E-state index contributed by atoms with van der Waals surface area (Å²) < 4.78 is 0. The number of halogens is 2. The van der Waals surface area contributed by atoms with Crippen molar-refractivity contribution in [2.24, 2.45) is 5.73 Å². The van der Waals surface area contributed by atoms with Gasteiger partial charge in [0.25, 0.3) is 5.91 Å². The number of hydrogen-bond acceptors (Lipinski definition) is 3. The number of benzene rings is 1. The van der Waals surface area contributed by atoms with Gasteiger partial charge in [-0.3, -0.25) is 9.78 Å². The lowest BCUT2D eigenvalue weighted by molar-refractivity contribution is 0.0788. The van der Waals surface area contributed by atoms with Crippen molar-refractivity contribution in [3.05, 3.63) is 66.0 Å². The quantitative estimate of drug-likeness (QED) is 0.914. The highest BCUT2D eigenvalue weighted by atomic mass is 35.5. The van der Waals surface area contributed by atoms with Crippen LogP contribution in [-0.2, 0) is 0 Å². The zero-order valence-electron chi connectivity index (χ0n) is 12.0. The summed E-state index contributed by atoms with van der Waals surface area (Å²) in [6.45, 7) is 1.26. The van der Waals surface area contributed by atoms with E-state index >= 15 is 0 Å². The van der Waals surface area contributed by atoms with Crippen LogP contribution in [0.5, 0.6) is 0 Å². The first-order valence-electron chi connectivity index (χ1n) is 6.75. The summed E-state index contributed by atoms with van der Waals surface area (Å²) in [5.74, 6) is 0.212. The molecule has 2 aromatic rings. The third kappa shape index (κ3) is 3.77. The van der Waals surface area contributed by atoms with Gasteiger partial charge in [-0.05, 0) is 17.7 Å². The van der Waals surface area contributed by atoms with Gasteiger partial charge in [0.15, 0.2) is 0 Å². The monoisotopic (exact) mass is 339 g/mol. The number of carbonyl (C=O) groups excluding carboxylic acids is 1. The molecule has 1 aromatic heterocycles. The van der Waals surface area contributed by atoms with Crippen molar-refractivity contribution in [1.29, 1.82) is 0 Å². The molecule has 118 valence electrons. The molecule has 1 fully saturated rings. The number of nitrogens with zero attached hydrogens (tertiary/aromatic N) is 2. The molecule has 0 unspecified atom stereocenters. The summed E-state index contributed by atoms with van der Waals surface area (Å²) >= 11 is 0. The number of likely N-dealkylation sites (tertiary alicyclic amines) is 1. The molecule has 1 aromatic carbocycles. The van der Waals surface area contributed by atoms with Crippen LogP contribution in [0.25, 0.3) is 0 Å². The summed E-state index contributed by atoms with van der Waals surface area (Å²) in [7, 11) is 0. The topological polar surface area (TPSA) is 59.2 Å². The van der Waals surface area contributed by atoms with E-state index in [9.17, 15) is 4.79 Å². The summed E-state index contributed by atoms with van der Waals surface area (Å²) in [6.07, 6.45) is 3.27. The largest absolute Gasteiger partial charge is 0.336 e. The number of pyridine rings is 1. The molecule has 4 nitrogen and oxygen atoms in total. The average Bonchev–Trinajstić information content (AvgIpc) is 2.90. The molecule has 2 N–H and O–H groups in total. The van der Waals surface area contributed by atoms with Gasteiger partial charge >= 0.3 is 0 Å². The standard InChI is InChI=1S/C16H17N3O.2ClH/c17-15-11-19(16(20)13-7-4-8-18-9-13)10-14(15)12-5-2-1-3-6-12;;/h1-9,14-15H,10-11,17H2;2*1H/t14-,15+;;/m0../s1. The second-order valence-corrected chi connectivity index (χ2v) is 5.13. The SMILES string of the molecule is Cl.Cl.N[C@@H]1CN(C(=O)c2cccnc2)C[C@H]1c1ccccc1. The fraction of sp³-hybridized carbons (Fsp3) is 0.250. The van der Waals surface area contributed by atoms with E-state index in [1.165, 1.54) is 5.56 Å². The number of carbonyl (C=O) groups is 1. The minimum atomic E-state index is -0.0157. The molecular weight excluding hydrogens is 321 g/mol. The van der Waals surface area contributed by atoms with Crippen molar-refractivity contribution in [2.75, 3.05) is 13.1 Å². The molecule has 2 heterocycles. The number of aromatic nitrogens is 1. The molecule has 1 saturated heterocycles. The molecule has 22 heavy (non-hydrogen) atoms. The van der Waals surface area contributed by atoms with Crippen LogP contribution in [-0.4, -0.2) is 34.9 Å². The summed E-state index contributed by atoms with van der Waals surface area (Å²) in [6, 6.07) is 13.7. The van der Waals surface area contributed by atoms with Crippen molar-refractivity contribution >= 4 is 30.7 Å². The molecule has 0 radical (unpaired) electrons. The molecule has 0 bridgehead atoms. The third-order valence-corrected chi connectivity index (χ3v) is 3.79. The van der Waals surface area contributed by atoms with Gasteiger partial charge in [-0.15, -0.1) is 24.8 Å². The van der Waals surface area contributed by atoms with Gasteiger partial charge in [0.2, 0.25) is 0 Å². The molecular formula is C16H19Cl2N3O. The molecule has 6 heteroatoms. The van der Waals surface area contributed by atoms with Gasteiger partial charge in [0, 0.05) is 37.4 Å². The Morgan fingerprint density at radius 3 is 2.45 bits per heavy atom. The Morgan fingerprint density at radius 1 is 1.09 bits per heavy atom. The van der Waals surface area contributed by atoms with E-state index in [4.69, 9.17) is 5.73 Å². The van der Waals surface area contributed by atoms with Crippen molar-refractivity contribution in [1.82, 2.24) is 9.88 Å². The van der Waals surface area contributed by atoms with E-state index in [-0.39, 0.29) is 42.7 Å². The van der Waals surface area contributed by atoms with Gasteiger partial charge in [-0.2, -0.15) is 0 Å². The number of amides is 1. The zero-order chi connectivity index (χ0) is 13.9. The highest BCUT2D eigenvalue weighted by molar-refractivity contribution is 5.94. The van der Waals surface area contributed by atoms with E-state index in [0.717, 1.165) is 0 Å². The second-order valence-electron chi connectivity index (χ2n) is 5.13. The van der Waals surface area contributed by atoms with Crippen LogP contribution in [0.4, 0.5) is 0 Å². The molecule has 0 aliphatic carbocycles. The molecule has 3 rings (SSSR count). The average molecular weight is 340 g/mol. The van der Waals surface area contributed by atoms with Crippen LogP contribution in [0.1, 0.15) is 21.8 Å². The Morgan fingerprint density at radius 2 is 1.82 bits per heavy atom. The van der Waals surface area contributed by atoms with E-state index in [2.05, 4.69) is 17.1 Å². The Bertz CT molecular complexity index is 595. The maximum atomic E-state index is 12.4. The first-order chi connectivity index (χ1) is 9.75. The van der Waals surface area contributed by atoms with Crippen molar-refractivity contribution < 1.29 is 4.79 Å². The lowest BCUT2D eigenvalue weighted by Gasteiger charge is -2.16. The van der Waals surface area contributed by atoms with Gasteiger partial charge in [-0.25, -0.2) is 0 Å². The first-order valence-corrected chi connectivity index (χ1v) is 6.75. The van der Waals surface area contributed by atoms with Gasteiger partial charge in [-0.1, -0.05) is 30.3 Å². The smallest absolute Gasteiger partial charge is 0.255 e. The maximum absolute atomic E-state index is 12.4. The maximum Gasteiger partial charge on any atom is 0.255 e. The molecule has 0 spiro atoms. The Kier molecular flexibility index (Phi) is 6.81. The first kappa shape index (κ1) is 18.4. The molecule has 1 aliphatic heterocycles. The van der Waals surface area contributed by atoms with Gasteiger partial charge in [0.1, 0.15) is 0 Å². The van der Waals surface area contributed by atoms with Crippen molar-refractivity contribution in [2.45, 2.75) is 12.0 Å². The minimum absolute atomic E-state index is 0. The predicted molar refractivity (Wildman–Crippen MR) is 91.8 cm³/mol. The van der Waals surface area contributed by atoms with Crippen LogP contribution < -0.4 is 5.73 Å². The van der Waals surface area contributed by atoms with Gasteiger partial charge in [0.05, 0.1) is 5.56 Å². The second kappa shape index (κ2) is 8.13. The van der Waals surface area contributed by atoms with Gasteiger partial charge < -0.3 is 10.6 Å².